The summed E-state index contributed by atoms with van der Waals surface area (Å²) in [4.78, 5) is 23.0. The van der Waals surface area contributed by atoms with Crippen molar-refractivity contribution in [2.45, 2.75) is 6.61 Å². The second kappa shape index (κ2) is 8.19. The zero-order valence-corrected chi connectivity index (χ0v) is 15.8. The molecule has 3 rings (SSSR count). The second-order valence-corrected chi connectivity index (χ2v) is 7.16. The normalized spacial score (nSPS) is 14.9. The van der Waals surface area contributed by atoms with E-state index in [2.05, 4.69) is 5.32 Å². The first-order chi connectivity index (χ1) is 13.0. The summed E-state index contributed by atoms with van der Waals surface area (Å²) in [5, 5.41) is 13.7. The molecule has 1 aliphatic heterocycles. The minimum atomic E-state index is -0.449. The third kappa shape index (κ3) is 4.44. The summed E-state index contributed by atoms with van der Waals surface area (Å²) in [5.74, 6) is 0.647. The summed E-state index contributed by atoms with van der Waals surface area (Å²) in [5.41, 5.74) is 1.15. The van der Waals surface area contributed by atoms with E-state index in [1.54, 1.807) is 42.5 Å². The summed E-state index contributed by atoms with van der Waals surface area (Å²) >= 11 is 6.16. The van der Waals surface area contributed by atoms with Crippen LogP contribution in [0.3, 0.4) is 0 Å². The number of hydrogen-bond donors (Lipinski definition) is 1. The molecule has 9 heteroatoms. The van der Waals surface area contributed by atoms with Gasteiger partial charge in [-0.3, -0.25) is 14.9 Å². The molecule has 1 fully saturated rings. The van der Waals surface area contributed by atoms with E-state index in [1.165, 1.54) is 24.9 Å². The molecule has 138 valence electrons. The Kier molecular flexibility index (Phi) is 5.72. The molecule has 0 aromatic heterocycles. The van der Waals surface area contributed by atoms with Gasteiger partial charge in [-0.15, -0.1) is 0 Å². The van der Waals surface area contributed by atoms with Crippen LogP contribution in [0, 0.1) is 10.1 Å². The van der Waals surface area contributed by atoms with Gasteiger partial charge in [-0.25, -0.2) is 0 Å². The van der Waals surface area contributed by atoms with E-state index in [4.69, 9.17) is 21.7 Å². The quantitative estimate of drug-likeness (QED) is 0.341. The minimum Gasteiger partial charge on any atom is -0.493 e. The minimum absolute atomic E-state index is 0.00681. The highest BCUT2D eigenvalue weighted by Gasteiger charge is 2.22. The molecule has 1 heterocycles. The smallest absolute Gasteiger partial charge is 0.276 e. The second-order valence-electron chi connectivity index (χ2n) is 5.44. The number of thiocarbonyl (C=S) groups is 1. The molecule has 0 saturated carbocycles. The van der Waals surface area contributed by atoms with Gasteiger partial charge < -0.3 is 14.8 Å². The molecule has 1 saturated heterocycles. The highest BCUT2D eigenvalue weighted by atomic mass is 32.2. The lowest BCUT2D eigenvalue weighted by Crippen LogP contribution is -2.17. The molecule has 7 nitrogen and oxygen atoms in total. The molecule has 0 aliphatic carbocycles. The van der Waals surface area contributed by atoms with E-state index in [0.29, 0.717) is 26.3 Å². The fourth-order valence-corrected chi connectivity index (χ4v) is 3.48. The number of amides is 1. The number of carbonyl (C=O) groups excluding carboxylic acids is 1. The van der Waals surface area contributed by atoms with Gasteiger partial charge >= 0.3 is 0 Å². The molecule has 2 aromatic rings. The molecule has 0 unspecified atom stereocenters. The van der Waals surface area contributed by atoms with Crippen LogP contribution in [0.25, 0.3) is 6.08 Å². The van der Waals surface area contributed by atoms with Crippen molar-refractivity contribution in [1.29, 1.82) is 0 Å². The van der Waals surface area contributed by atoms with E-state index in [0.717, 1.165) is 5.56 Å². The van der Waals surface area contributed by atoms with Crippen molar-refractivity contribution in [2.24, 2.45) is 0 Å². The molecular formula is C18H14N2O5S2. The van der Waals surface area contributed by atoms with Gasteiger partial charge in [-0.2, -0.15) is 0 Å². The van der Waals surface area contributed by atoms with Gasteiger partial charge in [0, 0.05) is 6.07 Å². The number of nitrogens with one attached hydrogen (secondary N) is 1. The molecule has 0 atom stereocenters. The predicted octanol–water partition coefficient (Wildman–Crippen LogP) is 3.67. The van der Waals surface area contributed by atoms with Crippen molar-refractivity contribution in [3.05, 3.63) is 68.6 Å². The average molecular weight is 402 g/mol. The molecule has 2 aromatic carbocycles. The molecule has 1 N–H and O–H groups in total. The lowest BCUT2D eigenvalue weighted by molar-refractivity contribution is -0.385. The summed E-state index contributed by atoms with van der Waals surface area (Å²) in [6.07, 6.45) is 1.69. The Balaban J connectivity index is 1.85. The monoisotopic (exact) mass is 402 g/mol. The number of rotatable bonds is 6. The van der Waals surface area contributed by atoms with Crippen LogP contribution >= 0.6 is 24.0 Å². The molecular weight excluding hydrogens is 388 g/mol. The molecule has 0 radical (unpaired) electrons. The van der Waals surface area contributed by atoms with E-state index in [9.17, 15) is 14.9 Å². The van der Waals surface area contributed by atoms with Gasteiger partial charge in [-0.05, 0) is 29.8 Å². The lowest BCUT2D eigenvalue weighted by Gasteiger charge is -2.12. The molecule has 0 bridgehead atoms. The third-order valence-electron chi connectivity index (χ3n) is 3.70. The Morgan fingerprint density at radius 1 is 1.26 bits per heavy atom. The molecule has 1 amide bonds. The number of nitrogens with zero attached hydrogens (tertiary/aromatic N) is 1. The highest BCUT2D eigenvalue weighted by Crippen LogP contribution is 2.32. The first kappa shape index (κ1) is 18.9. The number of nitro groups is 1. The number of nitro benzene ring substituents is 1. The Morgan fingerprint density at radius 2 is 2.04 bits per heavy atom. The summed E-state index contributed by atoms with van der Waals surface area (Å²) in [6.45, 7) is 0.00681. The average Bonchev–Trinajstić information content (AvgIpc) is 2.97. The van der Waals surface area contributed by atoms with Gasteiger partial charge in [0.25, 0.3) is 11.6 Å². The number of methoxy groups -OCH3 is 1. The van der Waals surface area contributed by atoms with Crippen molar-refractivity contribution in [2.75, 3.05) is 7.11 Å². The van der Waals surface area contributed by atoms with Crippen LogP contribution in [0.4, 0.5) is 5.69 Å². The summed E-state index contributed by atoms with van der Waals surface area (Å²) in [6, 6.07) is 11.6. The van der Waals surface area contributed by atoms with Crippen molar-refractivity contribution < 1.29 is 19.2 Å². The van der Waals surface area contributed by atoms with Gasteiger partial charge in [-0.1, -0.05) is 42.2 Å². The molecule has 27 heavy (non-hydrogen) atoms. The van der Waals surface area contributed by atoms with Crippen LogP contribution in [0.15, 0.2) is 47.4 Å². The lowest BCUT2D eigenvalue weighted by atomic mass is 10.1. The van der Waals surface area contributed by atoms with Crippen molar-refractivity contribution in [3.8, 4) is 11.5 Å². The topological polar surface area (TPSA) is 90.7 Å². The number of benzene rings is 2. The van der Waals surface area contributed by atoms with E-state index >= 15 is 0 Å². The first-order valence-corrected chi connectivity index (χ1v) is 8.98. The zero-order chi connectivity index (χ0) is 19.4. The van der Waals surface area contributed by atoms with E-state index < -0.39 is 4.92 Å². The fraction of sp³-hybridized carbons (Fsp3) is 0.111. The maximum Gasteiger partial charge on any atom is 0.276 e. The van der Waals surface area contributed by atoms with Crippen molar-refractivity contribution in [1.82, 2.24) is 5.32 Å². The van der Waals surface area contributed by atoms with Gasteiger partial charge in [0.05, 0.1) is 22.5 Å². The maximum atomic E-state index is 11.8. The number of carbonyl (C=O) groups is 1. The standard InChI is InChI=1S/C18H14N2O5S2/c1-24-14-7-6-11(9-16-17(21)19-18(26)27-16)8-15(14)25-10-12-4-2-3-5-13(12)20(22)23/h2-9H,10H2,1H3,(H,19,21,26)/b16-9+. The van der Waals surface area contributed by atoms with Crippen molar-refractivity contribution in [3.63, 3.8) is 0 Å². The van der Waals surface area contributed by atoms with Gasteiger partial charge in [0.1, 0.15) is 10.9 Å². The predicted molar refractivity (Wildman–Crippen MR) is 107 cm³/mol. The zero-order valence-electron chi connectivity index (χ0n) is 14.1. The van der Waals surface area contributed by atoms with Crippen LogP contribution in [0.2, 0.25) is 0 Å². The number of ether oxygens (including phenoxy) is 2. The van der Waals surface area contributed by atoms with Crippen LogP contribution in [0.1, 0.15) is 11.1 Å². The van der Waals surface area contributed by atoms with Crippen LogP contribution in [0.5, 0.6) is 11.5 Å². The summed E-state index contributed by atoms with van der Waals surface area (Å²) < 4.78 is 11.5. The van der Waals surface area contributed by atoms with Crippen LogP contribution in [-0.4, -0.2) is 22.3 Å². The first-order valence-electron chi connectivity index (χ1n) is 7.76. The fourth-order valence-electron chi connectivity index (χ4n) is 2.43. The Morgan fingerprint density at radius 3 is 2.70 bits per heavy atom. The van der Waals surface area contributed by atoms with E-state index in [1.807, 2.05) is 0 Å². The Labute approximate surface area is 164 Å². The summed E-state index contributed by atoms with van der Waals surface area (Å²) in [7, 11) is 1.50. The third-order valence-corrected chi connectivity index (χ3v) is 4.86. The van der Waals surface area contributed by atoms with E-state index in [-0.39, 0.29) is 18.2 Å². The SMILES string of the molecule is COc1ccc(/C=C2/SC(=S)NC2=O)cc1OCc1ccccc1[N+](=O)[O-]. The molecule has 0 spiro atoms. The van der Waals surface area contributed by atoms with Crippen LogP contribution < -0.4 is 14.8 Å². The van der Waals surface area contributed by atoms with Gasteiger partial charge in [0.15, 0.2) is 11.5 Å². The number of para-hydroxylation sites is 1. The Hall–Kier alpha value is -2.91. The number of thioether (sulfide) groups is 1. The maximum absolute atomic E-state index is 11.8. The number of hydrogen-bond acceptors (Lipinski definition) is 7. The molecule has 1 aliphatic rings. The highest BCUT2D eigenvalue weighted by molar-refractivity contribution is 8.26. The largest absolute Gasteiger partial charge is 0.493 e. The van der Waals surface area contributed by atoms with Gasteiger partial charge in [0.2, 0.25) is 0 Å². The van der Waals surface area contributed by atoms with Crippen LogP contribution in [-0.2, 0) is 11.4 Å². The van der Waals surface area contributed by atoms with Crippen molar-refractivity contribution >= 4 is 46.0 Å². The Bertz CT molecular complexity index is 959.